The molecule has 7 heteroatoms. The van der Waals surface area contributed by atoms with E-state index < -0.39 is 0 Å². The molecule has 0 aliphatic carbocycles. The van der Waals surface area contributed by atoms with Crippen molar-refractivity contribution in [3.63, 3.8) is 0 Å². The van der Waals surface area contributed by atoms with E-state index in [0.717, 1.165) is 0 Å². The van der Waals surface area contributed by atoms with Crippen LogP contribution in [0.5, 0.6) is 0 Å². The number of nitrogens with one attached hydrogen (secondary N) is 1. The first-order chi connectivity index (χ1) is 4.72. The fourth-order valence-corrected chi connectivity index (χ4v) is 2.86. The molecule has 0 rings (SSSR count). The van der Waals surface area contributed by atoms with Crippen LogP contribution in [0.1, 0.15) is 0 Å². The molecule has 0 aliphatic heterocycles. The third-order valence-electron chi connectivity index (χ3n) is 0.976. The molecule has 0 saturated carbocycles. The Morgan fingerprint density at radius 2 is 2.30 bits per heavy atom. The smallest absolute Gasteiger partial charge is 0.429 e. The standard InChI is InChI=1S/C3H7N2O.2Al.2HI.2H/c1-5-3(6)2-4;;;;;;/h4H,2H2,1H3,(H,5,6);;;2*1H;;/q-1;2*+2;;;;/p-3. The van der Waals surface area contributed by atoms with Crippen molar-refractivity contribution in [3.8, 4) is 0 Å². The van der Waals surface area contributed by atoms with E-state index in [4.69, 9.17) is 0 Å². The van der Waals surface area contributed by atoms with Gasteiger partial charge in [-0.25, -0.2) is 0 Å². The molecule has 0 aliphatic rings. The van der Waals surface area contributed by atoms with Gasteiger partial charge in [0.15, 0.2) is 0 Å². The molecule has 0 radical (unpaired) electrons. The van der Waals surface area contributed by atoms with Crippen molar-refractivity contribution < 1.29 is 4.79 Å². The van der Waals surface area contributed by atoms with Gasteiger partial charge in [0.25, 0.3) is 0 Å². The molecule has 1 amide bonds. The lowest BCUT2D eigenvalue weighted by Gasteiger charge is -2.12. The van der Waals surface area contributed by atoms with Gasteiger partial charge in [0.2, 0.25) is 5.91 Å². The number of nitrogens with zero attached hydrogens (tertiary/aromatic N) is 1. The normalized spacial score (nSPS) is 8.70. The number of carbonyl (C=O) groups excluding carboxylic acids is 1. The van der Waals surface area contributed by atoms with Gasteiger partial charge in [-0.1, -0.05) is 0 Å². The van der Waals surface area contributed by atoms with E-state index >= 15 is 0 Å². The fourth-order valence-electron chi connectivity index (χ4n) is 0.356. The fraction of sp³-hybridized carbons (Fsp3) is 0.667. The Morgan fingerprint density at radius 1 is 1.70 bits per heavy atom. The summed E-state index contributed by atoms with van der Waals surface area (Å²) in [5.74, 6) is 0.241. The number of carbonyl (C=O) groups is 1. The maximum absolute atomic E-state index is 11.0. The molecule has 0 aromatic carbocycles. The second-order valence-corrected chi connectivity index (χ2v) is 8.06. The van der Waals surface area contributed by atoms with E-state index in [1.807, 2.05) is 10.9 Å². The summed E-state index contributed by atoms with van der Waals surface area (Å²) in [5, 5.41) is 0. The summed E-state index contributed by atoms with van der Waals surface area (Å²) in [5.41, 5.74) is 0. The highest BCUT2D eigenvalue weighted by molar-refractivity contribution is 14.1. The lowest BCUT2D eigenvalue weighted by Crippen LogP contribution is -2.36. The van der Waals surface area contributed by atoms with E-state index in [2.05, 4.69) is 44.8 Å². The van der Waals surface area contributed by atoms with Crippen LogP contribution in [-0.4, -0.2) is 47.7 Å². The zero-order valence-electron chi connectivity index (χ0n) is 5.73. The van der Waals surface area contributed by atoms with Crippen LogP contribution in [-0.2, 0) is 4.79 Å². The first kappa shape index (κ1) is 12.0. The predicted octanol–water partition coefficient (Wildman–Crippen LogP) is -0.563. The van der Waals surface area contributed by atoms with Crippen LogP contribution in [0.15, 0.2) is 0 Å². The number of halogens is 2. The summed E-state index contributed by atoms with van der Waals surface area (Å²) in [4.78, 5) is 11.0. The molecule has 0 aromatic heterocycles. The van der Waals surface area contributed by atoms with Crippen LogP contribution >= 0.6 is 40.5 Å². The molecule has 0 bridgehead atoms. The van der Waals surface area contributed by atoms with Gasteiger partial charge in [0.05, 0.1) is 6.54 Å². The largest absolute Gasteiger partial charge is 0.481 e. The van der Waals surface area contributed by atoms with Gasteiger partial charge in [-0.15, -0.1) is 0 Å². The highest BCUT2D eigenvalue weighted by atomic mass is 127. The van der Waals surface area contributed by atoms with Crippen molar-refractivity contribution >= 4 is 70.8 Å². The Hall–Kier alpha value is 1.95. The highest BCUT2D eigenvalue weighted by Crippen LogP contribution is 1.85. The molecule has 0 atom stereocenters. The topological polar surface area (TPSA) is 32.3 Å². The third kappa shape index (κ3) is 5.59. The molecule has 56 valence electrons. The zero-order valence-corrected chi connectivity index (χ0v) is 12.9. The van der Waals surface area contributed by atoms with Gasteiger partial charge in [-0.05, 0) is 7.05 Å². The summed E-state index contributed by atoms with van der Waals surface area (Å²) in [7, 11) is 1.87. The van der Waals surface area contributed by atoms with E-state index in [0.29, 0.717) is 6.54 Å². The maximum Gasteiger partial charge on any atom is 0.481 e. The monoisotopic (exact) mass is 396 g/mol. The zero-order chi connectivity index (χ0) is 7.98. The molecule has 0 saturated heterocycles. The summed E-state index contributed by atoms with van der Waals surface area (Å²) < 4.78 is 4.96. The van der Waals surface area contributed by atoms with E-state index in [1.165, 1.54) is 0 Å². The van der Waals surface area contributed by atoms with Crippen molar-refractivity contribution in [1.29, 1.82) is 0 Å². The second kappa shape index (κ2) is 7.60. The minimum absolute atomic E-state index is 0.183. The van der Waals surface area contributed by atoms with Crippen LogP contribution < -0.4 is 4.30 Å². The van der Waals surface area contributed by atoms with E-state index in [1.54, 1.807) is 0 Å². The molecule has 3 nitrogen and oxygen atoms in total. The van der Waals surface area contributed by atoms with Gasteiger partial charge in [-0.2, -0.15) is 40.5 Å². The van der Waals surface area contributed by atoms with Crippen molar-refractivity contribution in [1.82, 2.24) is 8.18 Å². The lowest BCUT2D eigenvalue weighted by atomic mass is 10.6. The van der Waals surface area contributed by atoms with Gasteiger partial charge in [0.1, 0.15) is 0 Å². The molecular weight excluding hydrogens is 388 g/mol. The summed E-state index contributed by atoms with van der Waals surface area (Å²) in [6, 6.07) is 0. The van der Waals surface area contributed by atoms with Crippen LogP contribution in [0.25, 0.3) is 0 Å². The summed E-state index contributed by atoms with van der Waals surface area (Å²) >= 11 is 4.14. The van der Waals surface area contributed by atoms with Gasteiger partial charge in [-0.3, -0.25) is 4.79 Å². The molecule has 0 heterocycles. The Balaban J connectivity index is 3.42. The molecule has 0 unspecified atom stereocenters. The lowest BCUT2D eigenvalue weighted by molar-refractivity contribution is -0.124. The minimum atomic E-state index is -0.310. The predicted molar refractivity (Wildman–Crippen MR) is 63.1 cm³/mol. The highest BCUT2D eigenvalue weighted by Gasteiger charge is 2.06. The Morgan fingerprint density at radius 3 is 2.70 bits per heavy atom. The SMILES string of the molecule is C[N]([AlH][I])C(=O)C[NH][AlH][I]. The Labute approximate surface area is 95.9 Å². The number of hydrogen-bond acceptors (Lipinski definition) is 2. The van der Waals surface area contributed by atoms with E-state index in [-0.39, 0.29) is 30.2 Å². The van der Waals surface area contributed by atoms with Crippen molar-refractivity contribution in [3.05, 3.63) is 0 Å². The molecular formula is C3H8Al2I2N2O. The second-order valence-electron chi connectivity index (χ2n) is 1.77. The van der Waals surface area contributed by atoms with Gasteiger partial charge in [0, 0.05) is 0 Å². The number of amides is 1. The average molecular weight is 396 g/mol. The van der Waals surface area contributed by atoms with Crippen molar-refractivity contribution in [2.75, 3.05) is 13.6 Å². The van der Waals surface area contributed by atoms with Gasteiger partial charge < -0.3 is 8.18 Å². The van der Waals surface area contributed by atoms with Crippen LogP contribution in [0.2, 0.25) is 0 Å². The Kier molecular flexibility index (Phi) is 9.08. The first-order valence-corrected chi connectivity index (χ1v) is 14.3. The minimum Gasteiger partial charge on any atom is -0.429 e. The van der Waals surface area contributed by atoms with Crippen molar-refractivity contribution in [2.24, 2.45) is 0 Å². The molecule has 1 N–H and O–H groups in total. The summed E-state index contributed by atoms with van der Waals surface area (Å²) in [6.45, 7) is 0.543. The Bertz CT molecular complexity index is 115. The average Bonchev–Trinajstić information content (AvgIpc) is 1.98. The number of rotatable bonds is 4. The third-order valence-corrected chi connectivity index (χ3v) is 6.81. The number of hydrogen-bond donors (Lipinski definition) is 1. The van der Waals surface area contributed by atoms with Gasteiger partial charge >= 0.3 is 24.3 Å². The molecule has 10 heavy (non-hydrogen) atoms. The molecule has 0 aromatic rings. The van der Waals surface area contributed by atoms with Crippen LogP contribution in [0.3, 0.4) is 0 Å². The number of likely N-dealkylation sites (N-methyl/N-ethyl adjacent to an activating group) is 1. The summed E-state index contributed by atoms with van der Waals surface area (Å²) in [6.07, 6.45) is 0. The van der Waals surface area contributed by atoms with Crippen LogP contribution in [0.4, 0.5) is 0 Å². The van der Waals surface area contributed by atoms with Crippen LogP contribution in [0, 0.1) is 0 Å². The van der Waals surface area contributed by atoms with E-state index in [9.17, 15) is 4.79 Å². The molecule has 0 spiro atoms. The van der Waals surface area contributed by atoms with Crippen molar-refractivity contribution in [2.45, 2.75) is 0 Å². The quantitative estimate of drug-likeness (QED) is 0.511. The maximum atomic E-state index is 11.0. The molecule has 0 fully saturated rings. The first-order valence-electron chi connectivity index (χ1n) is 2.79.